The Labute approximate surface area is 118 Å². The molecule has 0 spiro atoms. The van der Waals surface area contributed by atoms with E-state index in [0.29, 0.717) is 18.7 Å². The molecule has 4 nitrogen and oxygen atoms in total. The third kappa shape index (κ3) is 3.66. The van der Waals surface area contributed by atoms with Gasteiger partial charge in [0.05, 0.1) is 6.61 Å². The summed E-state index contributed by atoms with van der Waals surface area (Å²) in [6.07, 6.45) is 0. The molecule has 104 valence electrons. The SMILES string of the molecule is NCc1ccc(C(=O)NCc2ccc(CO)cc2)cc1. The third-order valence-corrected chi connectivity index (χ3v) is 3.11. The van der Waals surface area contributed by atoms with Crippen LogP contribution in [0.3, 0.4) is 0 Å². The zero-order chi connectivity index (χ0) is 14.4. The Kier molecular flexibility index (Phi) is 4.87. The first-order valence-electron chi connectivity index (χ1n) is 6.49. The van der Waals surface area contributed by atoms with Crippen LogP contribution < -0.4 is 11.1 Å². The zero-order valence-corrected chi connectivity index (χ0v) is 11.2. The number of nitrogens with two attached hydrogens (primary N) is 1. The molecule has 0 unspecified atom stereocenters. The number of hydrogen-bond donors (Lipinski definition) is 3. The van der Waals surface area contributed by atoms with Crippen LogP contribution in [0.4, 0.5) is 0 Å². The van der Waals surface area contributed by atoms with Gasteiger partial charge in [-0.1, -0.05) is 36.4 Å². The molecule has 0 aromatic heterocycles. The largest absolute Gasteiger partial charge is 0.392 e. The molecule has 4 heteroatoms. The van der Waals surface area contributed by atoms with Crippen LogP contribution in [0, 0.1) is 0 Å². The Balaban J connectivity index is 1.93. The van der Waals surface area contributed by atoms with E-state index in [1.54, 1.807) is 12.1 Å². The lowest BCUT2D eigenvalue weighted by Crippen LogP contribution is -2.22. The molecule has 0 aliphatic carbocycles. The van der Waals surface area contributed by atoms with Gasteiger partial charge in [0, 0.05) is 18.7 Å². The average molecular weight is 270 g/mol. The number of nitrogens with one attached hydrogen (secondary N) is 1. The van der Waals surface area contributed by atoms with E-state index in [9.17, 15) is 4.79 Å². The van der Waals surface area contributed by atoms with Gasteiger partial charge in [-0.2, -0.15) is 0 Å². The van der Waals surface area contributed by atoms with Crippen molar-refractivity contribution in [2.45, 2.75) is 19.7 Å². The first-order valence-corrected chi connectivity index (χ1v) is 6.49. The monoisotopic (exact) mass is 270 g/mol. The molecular weight excluding hydrogens is 252 g/mol. The predicted molar refractivity (Wildman–Crippen MR) is 77.9 cm³/mol. The molecule has 0 heterocycles. The fraction of sp³-hybridized carbons (Fsp3) is 0.188. The van der Waals surface area contributed by atoms with Gasteiger partial charge in [-0.15, -0.1) is 0 Å². The van der Waals surface area contributed by atoms with Crippen molar-refractivity contribution < 1.29 is 9.90 Å². The van der Waals surface area contributed by atoms with Gasteiger partial charge >= 0.3 is 0 Å². The second-order valence-electron chi connectivity index (χ2n) is 4.56. The molecule has 0 atom stereocenters. The minimum absolute atomic E-state index is 0.0279. The molecule has 4 N–H and O–H groups in total. The third-order valence-electron chi connectivity index (χ3n) is 3.11. The van der Waals surface area contributed by atoms with Crippen molar-refractivity contribution >= 4 is 5.91 Å². The van der Waals surface area contributed by atoms with Gasteiger partial charge in [-0.25, -0.2) is 0 Å². The Bertz CT molecular complexity index is 562. The maximum atomic E-state index is 12.0. The second-order valence-corrected chi connectivity index (χ2v) is 4.56. The van der Waals surface area contributed by atoms with E-state index in [2.05, 4.69) is 5.32 Å². The van der Waals surface area contributed by atoms with Gasteiger partial charge in [-0.05, 0) is 28.8 Å². The van der Waals surface area contributed by atoms with Crippen LogP contribution in [0.5, 0.6) is 0 Å². The number of carbonyl (C=O) groups is 1. The Hall–Kier alpha value is -2.17. The number of amides is 1. The lowest BCUT2D eigenvalue weighted by Gasteiger charge is -2.06. The van der Waals surface area contributed by atoms with E-state index in [4.69, 9.17) is 10.8 Å². The number of aliphatic hydroxyl groups excluding tert-OH is 1. The van der Waals surface area contributed by atoms with Crippen LogP contribution in [0.2, 0.25) is 0 Å². The normalized spacial score (nSPS) is 10.3. The van der Waals surface area contributed by atoms with Crippen molar-refractivity contribution in [2.75, 3.05) is 0 Å². The summed E-state index contributed by atoms with van der Waals surface area (Å²) in [7, 11) is 0. The Morgan fingerprint density at radius 2 is 1.50 bits per heavy atom. The number of rotatable bonds is 5. The highest BCUT2D eigenvalue weighted by atomic mass is 16.3. The summed E-state index contributed by atoms with van der Waals surface area (Å²) in [6.45, 7) is 0.961. The van der Waals surface area contributed by atoms with Crippen LogP contribution >= 0.6 is 0 Å². The standard InChI is InChI=1S/C16H18N2O2/c17-9-12-5-7-15(8-6-12)16(20)18-10-13-1-3-14(11-19)4-2-13/h1-8,19H,9-11,17H2,(H,18,20). The highest BCUT2D eigenvalue weighted by molar-refractivity contribution is 5.94. The highest BCUT2D eigenvalue weighted by Crippen LogP contribution is 2.06. The Morgan fingerprint density at radius 3 is 2.05 bits per heavy atom. The van der Waals surface area contributed by atoms with Crippen LogP contribution in [-0.2, 0) is 19.7 Å². The predicted octanol–water partition coefficient (Wildman–Crippen LogP) is 1.57. The Morgan fingerprint density at radius 1 is 0.950 bits per heavy atom. The molecule has 1 amide bonds. The van der Waals surface area contributed by atoms with Gasteiger partial charge in [0.1, 0.15) is 0 Å². The van der Waals surface area contributed by atoms with Crippen LogP contribution in [-0.4, -0.2) is 11.0 Å². The number of hydrogen-bond acceptors (Lipinski definition) is 3. The van der Waals surface area contributed by atoms with Crippen LogP contribution in [0.1, 0.15) is 27.0 Å². The molecular formula is C16H18N2O2. The number of benzene rings is 2. The molecule has 0 saturated heterocycles. The molecule has 0 bridgehead atoms. The van der Waals surface area contributed by atoms with E-state index in [1.165, 1.54) is 0 Å². The van der Waals surface area contributed by atoms with Crippen molar-refractivity contribution in [1.82, 2.24) is 5.32 Å². The van der Waals surface area contributed by atoms with Gasteiger partial charge < -0.3 is 16.2 Å². The maximum absolute atomic E-state index is 12.0. The zero-order valence-electron chi connectivity index (χ0n) is 11.2. The van der Waals surface area contributed by atoms with Gasteiger partial charge in [-0.3, -0.25) is 4.79 Å². The average Bonchev–Trinajstić information content (AvgIpc) is 2.53. The van der Waals surface area contributed by atoms with Crippen molar-refractivity contribution in [1.29, 1.82) is 0 Å². The lowest BCUT2D eigenvalue weighted by atomic mass is 10.1. The van der Waals surface area contributed by atoms with E-state index in [-0.39, 0.29) is 12.5 Å². The van der Waals surface area contributed by atoms with Crippen molar-refractivity contribution in [2.24, 2.45) is 5.73 Å². The minimum Gasteiger partial charge on any atom is -0.392 e. The van der Waals surface area contributed by atoms with Crippen molar-refractivity contribution in [3.05, 3.63) is 70.8 Å². The number of carbonyl (C=O) groups excluding carboxylic acids is 1. The molecule has 2 rings (SSSR count). The molecule has 0 aliphatic heterocycles. The van der Waals surface area contributed by atoms with Gasteiger partial charge in [0.2, 0.25) is 0 Å². The highest BCUT2D eigenvalue weighted by Gasteiger charge is 2.04. The molecule has 2 aromatic rings. The second kappa shape index (κ2) is 6.84. The van der Waals surface area contributed by atoms with Crippen LogP contribution in [0.15, 0.2) is 48.5 Å². The first kappa shape index (κ1) is 14.2. The molecule has 0 fully saturated rings. The smallest absolute Gasteiger partial charge is 0.251 e. The van der Waals surface area contributed by atoms with Gasteiger partial charge in [0.15, 0.2) is 0 Å². The summed E-state index contributed by atoms with van der Waals surface area (Å²) in [5.74, 6) is -0.111. The molecule has 0 aliphatic rings. The quantitative estimate of drug-likeness (QED) is 0.772. The van der Waals surface area contributed by atoms with E-state index >= 15 is 0 Å². The summed E-state index contributed by atoms with van der Waals surface area (Å²) in [4.78, 5) is 12.0. The fourth-order valence-electron chi connectivity index (χ4n) is 1.84. The van der Waals surface area contributed by atoms with E-state index in [1.807, 2.05) is 36.4 Å². The van der Waals surface area contributed by atoms with Crippen molar-refractivity contribution in [3.63, 3.8) is 0 Å². The summed E-state index contributed by atoms with van der Waals surface area (Å²) in [5.41, 5.74) is 8.99. The lowest BCUT2D eigenvalue weighted by molar-refractivity contribution is 0.0951. The summed E-state index contributed by atoms with van der Waals surface area (Å²) >= 11 is 0. The van der Waals surface area contributed by atoms with Gasteiger partial charge in [0.25, 0.3) is 5.91 Å². The molecule has 0 radical (unpaired) electrons. The number of aliphatic hydroxyl groups is 1. The summed E-state index contributed by atoms with van der Waals surface area (Å²) in [6, 6.07) is 14.7. The minimum atomic E-state index is -0.111. The fourth-order valence-corrected chi connectivity index (χ4v) is 1.84. The summed E-state index contributed by atoms with van der Waals surface area (Å²) < 4.78 is 0. The van der Waals surface area contributed by atoms with E-state index in [0.717, 1.165) is 16.7 Å². The summed E-state index contributed by atoms with van der Waals surface area (Å²) in [5, 5.41) is 11.8. The molecule has 2 aromatic carbocycles. The maximum Gasteiger partial charge on any atom is 0.251 e. The molecule has 0 saturated carbocycles. The topological polar surface area (TPSA) is 75.4 Å². The first-order chi connectivity index (χ1) is 9.72. The van der Waals surface area contributed by atoms with Crippen LogP contribution in [0.25, 0.3) is 0 Å². The van der Waals surface area contributed by atoms with E-state index < -0.39 is 0 Å². The molecule has 20 heavy (non-hydrogen) atoms. The van der Waals surface area contributed by atoms with Crippen molar-refractivity contribution in [3.8, 4) is 0 Å².